The SMILES string of the molecule is Cc1ccc(C(=O)COC(=O)Cn2c(C)csc2=O)c(C)c1. The standard InChI is InChI=1S/C16H17NO4S/c1-10-4-5-13(11(2)6-10)14(18)8-21-15(19)7-17-12(3)9-22-16(17)20/h4-6,9H,7-8H2,1-3H3. The number of hydrogen-bond donors (Lipinski definition) is 0. The highest BCUT2D eigenvalue weighted by Gasteiger charge is 2.14. The summed E-state index contributed by atoms with van der Waals surface area (Å²) in [6, 6.07) is 5.48. The molecule has 0 aliphatic rings. The molecule has 0 atom stereocenters. The van der Waals surface area contributed by atoms with Gasteiger partial charge in [-0.05, 0) is 26.3 Å². The molecule has 0 radical (unpaired) electrons. The van der Waals surface area contributed by atoms with E-state index in [-0.39, 0.29) is 23.8 Å². The Labute approximate surface area is 132 Å². The van der Waals surface area contributed by atoms with E-state index in [4.69, 9.17) is 4.74 Å². The van der Waals surface area contributed by atoms with Crippen molar-refractivity contribution in [1.29, 1.82) is 0 Å². The fourth-order valence-electron chi connectivity index (χ4n) is 2.12. The van der Waals surface area contributed by atoms with Crippen molar-refractivity contribution < 1.29 is 14.3 Å². The zero-order valence-electron chi connectivity index (χ0n) is 12.7. The number of hydrogen-bond acceptors (Lipinski definition) is 5. The Hall–Kier alpha value is -2.21. The molecule has 0 saturated heterocycles. The Morgan fingerprint density at radius 3 is 2.55 bits per heavy atom. The van der Waals surface area contributed by atoms with Gasteiger partial charge >= 0.3 is 10.8 Å². The van der Waals surface area contributed by atoms with E-state index in [0.717, 1.165) is 22.5 Å². The van der Waals surface area contributed by atoms with Crippen molar-refractivity contribution in [3.8, 4) is 0 Å². The zero-order valence-corrected chi connectivity index (χ0v) is 13.5. The van der Waals surface area contributed by atoms with Crippen LogP contribution in [0.5, 0.6) is 0 Å². The maximum Gasteiger partial charge on any atom is 0.326 e. The molecule has 0 amide bonds. The molecule has 0 bridgehead atoms. The van der Waals surface area contributed by atoms with Gasteiger partial charge in [-0.1, -0.05) is 35.1 Å². The molecule has 116 valence electrons. The molecule has 0 aliphatic heterocycles. The van der Waals surface area contributed by atoms with Crippen LogP contribution in [0.3, 0.4) is 0 Å². The highest BCUT2D eigenvalue weighted by Crippen LogP contribution is 2.11. The van der Waals surface area contributed by atoms with E-state index in [1.54, 1.807) is 18.4 Å². The number of benzene rings is 1. The summed E-state index contributed by atoms with van der Waals surface area (Å²) < 4.78 is 6.31. The molecule has 2 rings (SSSR count). The first-order chi connectivity index (χ1) is 10.4. The molecule has 22 heavy (non-hydrogen) atoms. The van der Waals surface area contributed by atoms with Gasteiger partial charge in [-0.25, -0.2) is 0 Å². The third kappa shape index (κ3) is 3.71. The van der Waals surface area contributed by atoms with Crippen LogP contribution in [-0.2, 0) is 16.1 Å². The minimum absolute atomic E-state index is 0.172. The highest BCUT2D eigenvalue weighted by molar-refractivity contribution is 7.07. The molecule has 6 heteroatoms. The van der Waals surface area contributed by atoms with Crippen LogP contribution < -0.4 is 4.87 Å². The smallest absolute Gasteiger partial charge is 0.326 e. The van der Waals surface area contributed by atoms with Gasteiger partial charge in [0.25, 0.3) is 0 Å². The number of esters is 1. The van der Waals surface area contributed by atoms with Crippen molar-refractivity contribution in [2.75, 3.05) is 6.61 Å². The number of carbonyl (C=O) groups excluding carboxylic acids is 2. The van der Waals surface area contributed by atoms with Crippen molar-refractivity contribution in [3.63, 3.8) is 0 Å². The van der Waals surface area contributed by atoms with E-state index in [1.807, 2.05) is 26.0 Å². The Balaban J connectivity index is 1.96. The van der Waals surface area contributed by atoms with Crippen LogP contribution in [0.4, 0.5) is 0 Å². The second-order valence-electron chi connectivity index (χ2n) is 5.13. The van der Waals surface area contributed by atoms with E-state index in [9.17, 15) is 14.4 Å². The predicted molar refractivity (Wildman–Crippen MR) is 84.5 cm³/mol. The van der Waals surface area contributed by atoms with Crippen molar-refractivity contribution in [3.05, 3.63) is 55.6 Å². The predicted octanol–water partition coefficient (Wildman–Crippen LogP) is 2.26. The number of carbonyl (C=O) groups is 2. The third-order valence-corrected chi connectivity index (χ3v) is 4.19. The molecule has 1 heterocycles. The number of rotatable bonds is 5. The topological polar surface area (TPSA) is 65.4 Å². The Morgan fingerprint density at radius 1 is 1.23 bits per heavy atom. The van der Waals surface area contributed by atoms with Gasteiger partial charge in [-0.15, -0.1) is 0 Å². The lowest BCUT2D eigenvalue weighted by molar-refractivity contribution is -0.143. The summed E-state index contributed by atoms with van der Waals surface area (Å²) in [7, 11) is 0. The van der Waals surface area contributed by atoms with Gasteiger partial charge < -0.3 is 4.74 Å². The maximum atomic E-state index is 12.1. The molecular formula is C16H17NO4S. The van der Waals surface area contributed by atoms with Gasteiger partial charge in [0.1, 0.15) is 6.54 Å². The maximum absolute atomic E-state index is 12.1. The Bertz CT molecular complexity index is 773. The van der Waals surface area contributed by atoms with Crippen LogP contribution in [0.25, 0.3) is 0 Å². The normalized spacial score (nSPS) is 10.5. The Kier molecular flexibility index (Phi) is 4.92. The fraction of sp³-hybridized carbons (Fsp3) is 0.312. The van der Waals surface area contributed by atoms with Crippen molar-refractivity contribution in [2.45, 2.75) is 27.3 Å². The van der Waals surface area contributed by atoms with Crippen LogP contribution >= 0.6 is 11.3 Å². The molecule has 0 N–H and O–H groups in total. The van der Waals surface area contributed by atoms with Gasteiger partial charge in [0.15, 0.2) is 6.61 Å². The van der Waals surface area contributed by atoms with Crippen molar-refractivity contribution >= 4 is 23.1 Å². The van der Waals surface area contributed by atoms with E-state index >= 15 is 0 Å². The van der Waals surface area contributed by atoms with E-state index in [2.05, 4.69) is 0 Å². The minimum Gasteiger partial charge on any atom is -0.456 e. The molecule has 0 fully saturated rings. The van der Waals surface area contributed by atoms with Gasteiger partial charge in [0, 0.05) is 16.6 Å². The zero-order chi connectivity index (χ0) is 16.3. The van der Waals surface area contributed by atoms with Gasteiger partial charge in [-0.3, -0.25) is 19.0 Å². The largest absolute Gasteiger partial charge is 0.456 e. The number of Topliss-reactive ketones (excluding diaryl/α,β-unsaturated/α-hetero) is 1. The molecule has 1 aromatic heterocycles. The number of nitrogens with zero attached hydrogens (tertiary/aromatic N) is 1. The number of aryl methyl sites for hydroxylation is 3. The molecule has 0 unspecified atom stereocenters. The summed E-state index contributed by atoms with van der Waals surface area (Å²) in [5, 5.41) is 1.68. The number of thiazole rings is 1. The first-order valence-electron chi connectivity index (χ1n) is 6.79. The lowest BCUT2D eigenvalue weighted by Crippen LogP contribution is -2.24. The van der Waals surface area contributed by atoms with Crippen molar-refractivity contribution in [2.24, 2.45) is 0 Å². The molecule has 0 saturated carbocycles. The van der Waals surface area contributed by atoms with Crippen LogP contribution in [0, 0.1) is 20.8 Å². The monoisotopic (exact) mass is 319 g/mol. The fourth-order valence-corrected chi connectivity index (χ4v) is 2.86. The quantitative estimate of drug-likeness (QED) is 0.626. The third-order valence-electron chi connectivity index (χ3n) is 3.31. The second-order valence-corrected chi connectivity index (χ2v) is 5.95. The van der Waals surface area contributed by atoms with Crippen LogP contribution in [0.15, 0.2) is 28.4 Å². The first-order valence-corrected chi connectivity index (χ1v) is 7.67. The average molecular weight is 319 g/mol. The summed E-state index contributed by atoms with van der Waals surface area (Å²) in [4.78, 5) is 35.1. The van der Waals surface area contributed by atoms with Crippen molar-refractivity contribution in [1.82, 2.24) is 4.57 Å². The summed E-state index contributed by atoms with van der Waals surface area (Å²) in [5.41, 5.74) is 3.17. The average Bonchev–Trinajstić information content (AvgIpc) is 2.76. The van der Waals surface area contributed by atoms with Gasteiger partial charge in [0.05, 0.1) is 0 Å². The van der Waals surface area contributed by atoms with Crippen LogP contribution in [0.2, 0.25) is 0 Å². The highest BCUT2D eigenvalue weighted by atomic mass is 32.1. The lowest BCUT2D eigenvalue weighted by atomic mass is 10.0. The summed E-state index contributed by atoms with van der Waals surface area (Å²) >= 11 is 1.03. The van der Waals surface area contributed by atoms with Gasteiger partial charge in [0.2, 0.25) is 5.78 Å². The number of ether oxygens (including phenoxy) is 1. The molecule has 0 aliphatic carbocycles. The molecular weight excluding hydrogens is 302 g/mol. The summed E-state index contributed by atoms with van der Waals surface area (Å²) in [5.74, 6) is -0.845. The number of aromatic nitrogens is 1. The van der Waals surface area contributed by atoms with Gasteiger partial charge in [-0.2, -0.15) is 0 Å². The van der Waals surface area contributed by atoms with Crippen LogP contribution in [-0.4, -0.2) is 22.9 Å². The summed E-state index contributed by atoms with van der Waals surface area (Å²) in [6.07, 6.45) is 0. The minimum atomic E-state index is -0.596. The lowest BCUT2D eigenvalue weighted by Gasteiger charge is -2.08. The van der Waals surface area contributed by atoms with E-state index < -0.39 is 5.97 Å². The molecule has 1 aromatic carbocycles. The molecule has 5 nitrogen and oxygen atoms in total. The first kappa shape index (κ1) is 16.2. The van der Waals surface area contributed by atoms with E-state index in [1.165, 1.54) is 4.57 Å². The number of ketones is 1. The molecule has 2 aromatic rings. The molecule has 0 spiro atoms. The van der Waals surface area contributed by atoms with Crippen LogP contribution in [0.1, 0.15) is 27.2 Å². The van der Waals surface area contributed by atoms with E-state index in [0.29, 0.717) is 11.3 Å². The summed E-state index contributed by atoms with van der Waals surface area (Å²) in [6.45, 7) is 5.04. The second kappa shape index (κ2) is 6.70. The Morgan fingerprint density at radius 2 is 1.95 bits per heavy atom.